The van der Waals surface area contributed by atoms with E-state index in [2.05, 4.69) is 44.3 Å². The fraction of sp³-hybridized carbons (Fsp3) is 0.250. The van der Waals surface area contributed by atoms with Gasteiger partial charge in [-0.2, -0.15) is 0 Å². The maximum absolute atomic E-state index is 5.78. The summed E-state index contributed by atoms with van der Waals surface area (Å²) < 4.78 is 1.16. The van der Waals surface area contributed by atoms with Gasteiger partial charge in [0, 0.05) is 25.5 Å². The maximum atomic E-state index is 5.78. The van der Waals surface area contributed by atoms with Crippen molar-refractivity contribution in [3.63, 3.8) is 0 Å². The van der Waals surface area contributed by atoms with Crippen LogP contribution < -0.4 is 4.90 Å². The van der Waals surface area contributed by atoms with Crippen molar-refractivity contribution < 1.29 is 0 Å². The standard InChI is InChI=1S/C12H12BrClN2S/c1-16(7-9-4-12(13)17-8-9)11-2-3-15-10(5-11)6-14/h2-5,8H,6-7H2,1H3. The van der Waals surface area contributed by atoms with Gasteiger partial charge in [0.15, 0.2) is 0 Å². The largest absolute Gasteiger partial charge is 0.370 e. The molecule has 0 atom stereocenters. The zero-order chi connectivity index (χ0) is 12.3. The predicted octanol–water partition coefficient (Wildman–Crippen LogP) is 4.28. The van der Waals surface area contributed by atoms with E-state index in [9.17, 15) is 0 Å². The molecule has 0 radical (unpaired) electrons. The molecule has 0 N–H and O–H groups in total. The SMILES string of the molecule is CN(Cc1csc(Br)c1)c1ccnc(CCl)c1. The minimum atomic E-state index is 0.450. The van der Waals surface area contributed by atoms with Gasteiger partial charge in [0.1, 0.15) is 0 Å². The fourth-order valence-electron chi connectivity index (χ4n) is 1.57. The highest BCUT2D eigenvalue weighted by Crippen LogP contribution is 2.23. The Balaban J connectivity index is 2.11. The third-order valence-corrected chi connectivity index (χ3v) is 4.25. The Morgan fingerprint density at radius 3 is 2.94 bits per heavy atom. The minimum absolute atomic E-state index is 0.450. The summed E-state index contributed by atoms with van der Waals surface area (Å²) in [4.78, 5) is 6.37. The minimum Gasteiger partial charge on any atom is -0.370 e. The molecule has 5 heteroatoms. The van der Waals surface area contributed by atoms with E-state index in [0.29, 0.717) is 5.88 Å². The summed E-state index contributed by atoms with van der Waals surface area (Å²) in [5.41, 5.74) is 3.34. The summed E-state index contributed by atoms with van der Waals surface area (Å²) >= 11 is 11.0. The summed E-state index contributed by atoms with van der Waals surface area (Å²) in [6.07, 6.45) is 1.80. The molecule has 0 amide bonds. The number of rotatable bonds is 4. The van der Waals surface area contributed by atoms with Crippen molar-refractivity contribution in [2.75, 3.05) is 11.9 Å². The number of anilines is 1. The van der Waals surface area contributed by atoms with Crippen LogP contribution in [-0.2, 0) is 12.4 Å². The number of hydrogen-bond donors (Lipinski definition) is 0. The van der Waals surface area contributed by atoms with E-state index in [4.69, 9.17) is 11.6 Å². The second-order valence-electron chi connectivity index (χ2n) is 3.75. The number of aromatic nitrogens is 1. The number of nitrogens with zero attached hydrogens (tertiary/aromatic N) is 2. The molecule has 0 bridgehead atoms. The molecule has 0 aliphatic rings. The first-order chi connectivity index (χ1) is 8.19. The van der Waals surface area contributed by atoms with Crippen LogP contribution >= 0.6 is 38.9 Å². The van der Waals surface area contributed by atoms with Gasteiger partial charge in [-0.05, 0) is 45.1 Å². The molecular formula is C12H12BrClN2S. The van der Waals surface area contributed by atoms with Crippen molar-refractivity contribution in [3.8, 4) is 0 Å². The maximum Gasteiger partial charge on any atom is 0.0701 e. The van der Waals surface area contributed by atoms with Gasteiger partial charge < -0.3 is 4.90 Å². The van der Waals surface area contributed by atoms with E-state index in [1.54, 1.807) is 17.5 Å². The van der Waals surface area contributed by atoms with Crippen LogP contribution in [0.3, 0.4) is 0 Å². The van der Waals surface area contributed by atoms with E-state index in [-0.39, 0.29) is 0 Å². The van der Waals surface area contributed by atoms with Crippen LogP contribution in [0.25, 0.3) is 0 Å². The molecule has 17 heavy (non-hydrogen) atoms. The smallest absolute Gasteiger partial charge is 0.0701 e. The molecule has 0 aliphatic carbocycles. The zero-order valence-electron chi connectivity index (χ0n) is 9.36. The van der Waals surface area contributed by atoms with E-state index < -0.39 is 0 Å². The first kappa shape index (κ1) is 12.9. The monoisotopic (exact) mass is 330 g/mol. The van der Waals surface area contributed by atoms with E-state index >= 15 is 0 Å². The second-order valence-corrected chi connectivity index (χ2v) is 6.31. The van der Waals surface area contributed by atoms with Gasteiger partial charge in [0.05, 0.1) is 15.4 Å². The molecule has 90 valence electrons. The van der Waals surface area contributed by atoms with Crippen molar-refractivity contribution in [1.82, 2.24) is 4.98 Å². The lowest BCUT2D eigenvalue weighted by Crippen LogP contribution is -2.16. The number of hydrogen-bond acceptors (Lipinski definition) is 3. The van der Waals surface area contributed by atoms with Crippen LogP contribution in [0, 0.1) is 0 Å². The number of halogens is 2. The summed E-state index contributed by atoms with van der Waals surface area (Å²) in [6.45, 7) is 0.883. The van der Waals surface area contributed by atoms with Gasteiger partial charge in [-0.1, -0.05) is 0 Å². The number of alkyl halides is 1. The Labute approximate surface area is 118 Å². The van der Waals surface area contributed by atoms with Gasteiger partial charge in [0.2, 0.25) is 0 Å². The average molecular weight is 332 g/mol. The summed E-state index contributed by atoms with van der Waals surface area (Å²) in [5.74, 6) is 0.450. The molecule has 2 aromatic rings. The van der Waals surface area contributed by atoms with Gasteiger partial charge >= 0.3 is 0 Å². The third-order valence-electron chi connectivity index (χ3n) is 2.42. The van der Waals surface area contributed by atoms with Gasteiger partial charge in [-0.3, -0.25) is 4.98 Å². The Bertz CT molecular complexity index is 501. The summed E-state index contributed by atoms with van der Waals surface area (Å²) in [6, 6.07) is 6.16. The lowest BCUT2D eigenvalue weighted by molar-refractivity contribution is 0.921. The van der Waals surface area contributed by atoms with Crippen molar-refractivity contribution in [3.05, 3.63) is 44.8 Å². The van der Waals surface area contributed by atoms with E-state index in [1.807, 2.05) is 12.1 Å². The molecule has 0 aliphatic heterocycles. The lowest BCUT2D eigenvalue weighted by atomic mass is 10.2. The van der Waals surface area contributed by atoms with Crippen molar-refractivity contribution in [1.29, 1.82) is 0 Å². The van der Waals surface area contributed by atoms with Crippen molar-refractivity contribution in [2.45, 2.75) is 12.4 Å². The Kier molecular flexibility index (Phi) is 4.42. The molecule has 2 aromatic heterocycles. The number of thiophene rings is 1. The molecule has 2 nitrogen and oxygen atoms in total. The Morgan fingerprint density at radius 2 is 2.29 bits per heavy atom. The quantitative estimate of drug-likeness (QED) is 0.777. The second kappa shape index (κ2) is 5.85. The average Bonchev–Trinajstić information content (AvgIpc) is 2.75. The molecule has 0 saturated heterocycles. The first-order valence-corrected chi connectivity index (χ1v) is 7.34. The van der Waals surface area contributed by atoms with Gasteiger partial charge in [-0.25, -0.2) is 0 Å². The molecule has 0 aromatic carbocycles. The first-order valence-electron chi connectivity index (χ1n) is 5.14. The van der Waals surface area contributed by atoms with Crippen LogP contribution in [0.2, 0.25) is 0 Å². The highest BCUT2D eigenvalue weighted by Gasteiger charge is 2.05. The Hall–Kier alpha value is -0.580. The molecular weight excluding hydrogens is 320 g/mol. The van der Waals surface area contributed by atoms with Crippen LogP contribution in [0.5, 0.6) is 0 Å². The van der Waals surface area contributed by atoms with E-state index in [0.717, 1.165) is 21.7 Å². The molecule has 2 heterocycles. The molecule has 0 fully saturated rings. The predicted molar refractivity (Wildman–Crippen MR) is 77.9 cm³/mol. The topological polar surface area (TPSA) is 16.1 Å². The van der Waals surface area contributed by atoms with Gasteiger partial charge in [0.25, 0.3) is 0 Å². The van der Waals surface area contributed by atoms with Crippen LogP contribution in [0.4, 0.5) is 5.69 Å². The zero-order valence-corrected chi connectivity index (χ0v) is 12.5. The molecule has 0 unspecified atom stereocenters. The molecule has 0 spiro atoms. The van der Waals surface area contributed by atoms with E-state index in [1.165, 1.54) is 5.56 Å². The number of pyridine rings is 1. The van der Waals surface area contributed by atoms with Crippen LogP contribution in [0.15, 0.2) is 33.6 Å². The molecule has 0 saturated carbocycles. The van der Waals surface area contributed by atoms with Crippen molar-refractivity contribution in [2.24, 2.45) is 0 Å². The lowest BCUT2D eigenvalue weighted by Gasteiger charge is -2.18. The third kappa shape index (κ3) is 3.44. The van der Waals surface area contributed by atoms with Crippen LogP contribution in [0.1, 0.15) is 11.3 Å². The van der Waals surface area contributed by atoms with Crippen molar-refractivity contribution >= 4 is 44.6 Å². The fourth-order valence-corrected chi connectivity index (χ4v) is 2.92. The Morgan fingerprint density at radius 1 is 1.47 bits per heavy atom. The highest BCUT2D eigenvalue weighted by atomic mass is 79.9. The summed E-state index contributed by atoms with van der Waals surface area (Å²) in [7, 11) is 2.07. The van der Waals surface area contributed by atoms with Crippen LogP contribution in [-0.4, -0.2) is 12.0 Å². The summed E-state index contributed by atoms with van der Waals surface area (Å²) in [5, 5.41) is 2.16. The highest BCUT2D eigenvalue weighted by molar-refractivity contribution is 9.11. The molecule has 2 rings (SSSR count). The van der Waals surface area contributed by atoms with Gasteiger partial charge in [-0.15, -0.1) is 22.9 Å². The normalized spacial score (nSPS) is 10.5.